The third-order valence-corrected chi connectivity index (χ3v) is 5.26. The minimum absolute atomic E-state index is 0.0459. The van der Waals surface area contributed by atoms with Gasteiger partial charge in [-0.15, -0.1) is 0 Å². The first-order valence-electron chi connectivity index (χ1n) is 8.27. The van der Waals surface area contributed by atoms with Gasteiger partial charge in [0.2, 0.25) is 5.91 Å². The molecule has 3 rings (SSSR count). The molecule has 2 saturated heterocycles. The van der Waals surface area contributed by atoms with E-state index < -0.39 is 23.7 Å². The fraction of sp³-hybridized carbons (Fsp3) is 0.800. The van der Waals surface area contributed by atoms with E-state index in [0.717, 1.165) is 17.7 Å². The molecule has 0 radical (unpaired) electrons. The number of aliphatic hydroxyl groups excluding tert-OH is 1. The van der Waals surface area contributed by atoms with Gasteiger partial charge in [0.05, 0.1) is 6.10 Å². The van der Waals surface area contributed by atoms with Gasteiger partial charge in [-0.3, -0.25) is 9.59 Å². The fourth-order valence-electron chi connectivity index (χ4n) is 3.73. The number of nitrogens with zero attached hydrogens (tertiary/aromatic N) is 1. The first-order valence-corrected chi connectivity index (χ1v) is 8.27. The number of aliphatic hydroxyl groups is 1. The smallest absolute Gasteiger partial charge is 0.325 e. The lowest BCUT2D eigenvalue weighted by molar-refractivity contribution is -0.137. The monoisotopic (exact) mass is 324 g/mol. The van der Waals surface area contributed by atoms with E-state index in [1.54, 1.807) is 6.92 Å². The van der Waals surface area contributed by atoms with Gasteiger partial charge in [0.25, 0.3) is 5.91 Å². The van der Waals surface area contributed by atoms with Crippen LogP contribution in [0, 0.1) is 5.92 Å². The molecule has 23 heavy (non-hydrogen) atoms. The number of rotatable bonds is 4. The van der Waals surface area contributed by atoms with Crippen LogP contribution < -0.4 is 16.0 Å². The molecule has 3 atom stereocenters. The number of carbonyl (C=O) groups excluding carboxylic acids is 3. The first kappa shape index (κ1) is 16.2. The summed E-state index contributed by atoms with van der Waals surface area (Å²) in [7, 11) is 0. The van der Waals surface area contributed by atoms with Gasteiger partial charge in [0.15, 0.2) is 0 Å². The van der Waals surface area contributed by atoms with Crippen molar-refractivity contribution in [2.45, 2.75) is 50.3 Å². The van der Waals surface area contributed by atoms with Crippen LogP contribution >= 0.6 is 0 Å². The molecule has 1 spiro atoms. The fourth-order valence-corrected chi connectivity index (χ4v) is 3.73. The highest BCUT2D eigenvalue weighted by molar-refractivity contribution is 6.09. The van der Waals surface area contributed by atoms with E-state index in [-0.39, 0.29) is 17.7 Å². The molecule has 3 fully saturated rings. The maximum atomic E-state index is 12.6. The van der Waals surface area contributed by atoms with Gasteiger partial charge in [0.1, 0.15) is 11.6 Å². The Labute approximate surface area is 135 Å². The largest absolute Gasteiger partial charge is 0.391 e. The Bertz CT molecular complexity index is 518. The topological polar surface area (TPSA) is 111 Å². The quantitative estimate of drug-likeness (QED) is 0.493. The molecule has 0 aromatic rings. The molecule has 2 heterocycles. The van der Waals surface area contributed by atoms with E-state index in [9.17, 15) is 19.5 Å². The van der Waals surface area contributed by atoms with Gasteiger partial charge >= 0.3 is 6.03 Å². The summed E-state index contributed by atoms with van der Waals surface area (Å²) < 4.78 is 0. The van der Waals surface area contributed by atoms with Crippen molar-refractivity contribution in [3.63, 3.8) is 0 Å². The molecule has 4 amide bonds. The summed E-state index contributed by atoms with van der Waals surface area (Å²) in [6, 6.07) is -1.34. The Balaban J connectivity index is 1.60. The van der Waals surface area contributed by atoms with Crippen LogP contribution in [0.3, 0.4) is 0 Å². The number of hydrogen-bond donors (Lipinski definition) is 4. The van der Waals surface area contributed by atoms with Crippen LogP contribution in [-0.4, -0.2) is 65.2 Å². The van der Waals surface area contributed by atoms with Crippen LogP contribution in [0.25, 0.3) is 0 Å². The predicted molar refractivity (Wildman–Crippen MR) is 81.4 cm³/mol. The van der Waals surface area contributed by atoms with Crippen LogP contribution in [0.5, 0.6) is 0 Å². The summed E-state index contributed by atoms with van der Waals surface area (Å²) in [5.74, 6) is -0.705. The minimum atomic E-state index is -0.853. The van der Waals surface area contributed by atoms with Crippen LogP contribution in [0.2, 0.25) is 0 Å². The zero-order valence-corrected chi connectivity index (χ0v) is 13.3. The van der Waals surface area contributed by atoms with E-state index in [2.05, 4.69) is 16.0 Å². The molecule has 3 aliphatic rings. The lowest BCUT2D eigenvalue weighted by Gasteiger charge is -2.24. The first-order chi connectivity index (χ1) is 10.9. The zero-order valence-electron chi connectivity index (χ0n) is 13.3. The summed E-state index contributed by atoms with van der Waals surface area (Å²) in [6.45, 7) is 3.05. The van der Waals surface area contributed by atoms with Crippen LogP contribution in [0.1, 0.15) is 32.6 Å². The average molecular weight is 324 g/mol. The second-order valence-corrected chi connectivity index (χ2v) is 6.80. The summed E-state index contributed by atoms with van der Waals surface area (Å²) >= 11 is 0. The SMILES string of the molecule is CC(C(=O)NCC1CNCC1O)N1C(=O)NC2(CCCC2)C1=O. The molecule has 0 bridgehead atoms. The minimum Gasteiger partial charge on any atom is -0.391 e. The summed E-state index contributed by atoms with van der Waals surface area (Å²) in [6.07, 6.45) is 2.62. The van der Waals surface area contributed by atoms with Crippen molar-refractivity contribution >= 4 is 17.8 Å². The molecule has 128 valence electrons. The number of imide groups is 1. The highest BCUT2D eigenvalue weighted by Gasteiger charge is 2.54. The van der Waals surface area contributed by atoms with Crippen LogP contribution in [0.4, 0.5) is 4.79 Å². The summed E-state index contributed by atoms with van der Waals surface area (Å²) in [4.78, 5) is 38.1. The number of urea groups is 1. The van der Waals surface area contributed by atoms with Crippen molar-refractivity contribution in [2.75, 3.05) is 19.6 Å². The number of amides is 4. The number of hydrogen-bond acceptors (Lipinski definition) is 5. The van der Waals surface area contributed by atoms with Gasteiger partial charge in [-0.05, 0) is 19.8 Å². The predicted octanol–water partition coefficient (Wildman–Crippen LogP) is -1.06. The average Bonchev–Trinajstić information content (AvgIpc) is 3.19. The van der Waals surface area contributed by atoms with Crippen molar-refractivity contribution in [2.24, 2.45) is 5.92 Å². The molecule has 3 unspecified atom stereocenters. The van der Waals surface area contributed by atoms with Gasteiger partial charge in [-0.2, -0.15) is 0 Å². The van der Waals surface area contributed by atoms with Gasteiger partial charge in [-0.25, -0.2) is 9.69 Å². The second kappa shape index (κ2) is 6.09. The van der Waals surface area contributed by atoms with Crippen molar-refractivity contribution < 1.29 is 19.5 Å². The van der Waals surface area contributed by atoms with E-state index in [4.69, 9.17) is 0 Å². The molecular formula is C15H24N4O4. The molecule has 4 N–H and O–H groups in total. The summed E-state index contributed by atoms with van der Waals surface area (Å²) in [5, 5.41) is 18.3. The molecule has 2 aliphatic heterocycles. The lowest BCUT2D eigenvalue weighted by Crippen LogP contribution is -2.51. The van der Waals surface area contributed by atoms with Crippen molar-refractivity contribution in [3.8, 4) is 0 Å². The standard InChI is InChI=1S/C15H24N4O4/c1-9(12(21)17-7-10-6-16-8-11(10)20)19-13(22)15(18-14(19)23)4-2-3-5-15/h9-11,16,20H,2-8H2,1H3,(H,17,21)(H,18,23). The normalized spacial score (nSPS) is 30.8. The number of nitrogens with one attached hydrogen (secondary N) is 3. The number of carbonyl (C=O) groups is 3. The molecule has 0 aromatic carbocycles. The van der Waals surface area contributed by atoms with E-state index in [1.165, 1.54) is 0 Å². The Morgan fingerprint density at radius 2 is 2.09 bits per heavy atom. The highest BCUT2D eigenvalue weighted by Crippen LogP contribution is 2.35. The van der Waals surface area contributed by atoms with Crippen molar-refractivity contribution in [3.05, 3.63) is 0 Å². The van der Waals surface area contributed by atoms with E-state index in [1.807, 2.05) is 0 Å². The Morgan fingerprint density at radius 3 is 2.70 bits per heavy atom. The molecular weight excluding hydrogens is 300 g/mol. The molecule has 8 nitrogen and oxygen atoms in total. The third kappa shape index (κ3) is 2.81. The van der Waals surface area contributed by atoms with Gasteiger partial charge < -0.3 is 21.1 Å². The van der Waals surface area contributed by atoms with E-state index in [0.29, 0.717) is 32.5 Å². The van der Waals surface area contributed by atoms with E-state index >= 15 is 0 Å². The molecule has 8 heteroatoms. The zero-order chi connectivity index (χ0) is 16.6. The summed E-state index contributed by atoms with van der Waals surface area (Å²) in [5.41, 5.74) is -0.794. The lowest BCUT2D eigenvalue weighted by atomic mass is 9.97. The highest BCUT2D eigenvalue weighted by atomic mass is 16.3. The second-order valence-electron chi connectivity index (χ2n) is 6.80. The maximum absolute atomic E-state index is 12.6. The maximum Gasteiger partial charge on any atom is 0.325 e. The molecule has 1 saturated carbocycles. The van der Waals surface area contributed by atoms with Crippen molar-refractivity contribution in [1.82, 2.24) is 20.9 Å². The van der Waals surface area contributed by atoms with Crippen LogP contribution in [0.15, 0.2) is 0 Å². The van der Waals surface area contributed by atoms with Gasteiger partial charge in [-0.1, -0.05) is 12.8 Å². The van der Waals surface area contributed by atoms with Crippen LogP contribution in [-0.2, 0) is 9.59 Å². The Kier molecular flexibility index (Phi) is 4.29. The third-order valence-electron chi connectivity index (χ3n) is 5.26. The molecule has 0 aromatic heterocycles. The Morgan fingerprint density at radius 1 is 1.39 bits per heavy atom. The van der Waals surface area contributed by atoms with Gasteiger partial charge in [0, 0.05) is 25.6 Å². The molecule has 1 aliphatic carbocycles. The Hall–Kier alpha value is -1.67. The number of β-amino-alcohol motifs (C(OH)–C–C–N with tert-alkyl or cyclic N) is 1. The van der Waals surface area contributed by atoms with Crippen molar-refractivity contribution in [1.29, 1.82) is 0 Å².